The molecule has 0 aliphatic carbocycles. The number of rotatable bonds is 4. The minimum Gasteiger partial charge on any atom is -0.424 e. The SMILES string of the molecule is CS(=O)(=O)c1nc(Oc2cccc([N+](=O)[O-])c2)n2nccc2n1. The van der Waals surface area contributed by atoms with Crippen molar-refractivity contribution in [3.05, 3.63) is 46.6 Å². The molecule has 3 aromatic rings. The number of aromatic nitrogens is 4. The van der Waals surface area contributed by atoms with Crippen molar-refractivity contribution in [1.29, 1.82) is 0 Å². The topological polar surface area (TPSA) is 130 Å². The van der Waals surface area contributed by atoms with Crippen molar-refractivity contribution in [2.45, 2.75) is 5.16 Å². The molecular weight excluding hydrogens is 326 g/mol. The van der Waals surface area contributed by atoms with Crippen LogP contribution < -0.4 is 4.74 Å². The predicted octanol–water partition coefficient (Wildman–Crippen LogP) is 1.23. The standard InChI is InChI=1S/C12H9N5O5S/c1-23(20,21)11-14-10-5-6-13-16(10)12(15-11)22-9-4-2-3-8(7-9)17(18)19/h2-7H,1H3. The van der Waals surface area contributed by atoms with Crippen LogP contribution >= 0.6 is 0 Å². The van der Waals surface area contributed by atoms with Gasteiger partial charge in [0.2, 0.25) is 9.84 Å². The van der Waals surface area contributed by atoms with Gasteiger partial charge in [-0.3, -0.25) is 10.1 Å². The molecule has 1 aromatic carbocycles. The lowest BCUT2D eigenvalue weighted by atomic mass is 10.3. The molecule has 0 aliphatic rings. The van der Waals surface area contributed by atoms with Gasteiger partial charge in [-0.1, -0.05) is 6.07 Å². The maximum Gasteiger partial charge on any atom is 0.327 e. The zero-order valence-electron chi connectivity index (χ0n) is 11.6. The highest BCUT2D eigenvalue weighted by Crippen LogP contribution is 2.24. The second kappa shape index (κ2) is 5.28. The first-order chi connectivity index (χ1) is 10.8. The lowest BCUT2D eigenvalue weighted by Gasteiger charge is -2.07. The van der Waals surface area contributed by atoms with Crippen molar-refractivity contribution in [3.63, 3.8) is 0 Å². The fourth-order valence-electron chi connectivity index (χ4n) is 1.78. The van der Waals surface area contributed by atoms with Gasteiger partial charge in [0.15, 0.2) is 5.65 Å². The Morgan fingerprint density at radius 2 is 2.04 bits per heavy atom. The molecule has 0 saturated carbocycles. The number of nitro groups is 1. The highest BCUT2D eigenvalue weighted by atomic mass is 32.2. The van der Waals surface area contributed by atoms with Crippen LogP contribution in [-0.4, -0.2) is 39.2 Å². The Labute approximate surface area is 129 Å². The number of non-ortho nitro benzene ring substituents is 1. The number of fused-ring (bicyclic) bond motifs is 1. The molecule has 0 bridgehead atoms. The van der Waals surface area contributed by atoms with Crippen molar-refractivity contribution < 1.29 is 18.1 Å². The summed E-state index contributed by atoms with van der Waals surface area (Å²) in [4.78, 5) is 17.9. The molecule has 0 radical (unpaired) electrons. The van der Waals surface area contributed by atoms with Gasteiger partial charge in [0.1, 0.15) is 5.75 Å². The second-order valence-electron chi connectivity index (χ2n) is 4.52. The van der Waals surface area contributed by atoms with E-state index >= 15 is 0 Å². The number of nitrogens with zero attached hydrogens (tertiary/aromatic N) is 5. The van der Waals surface area contributed by atoms with E-state index < -0.39 is 19.9 Å². The van der Waals surface area contributed by atoms with Crippen LogP contribution in [0.2, 0.25) is 0 Å². The Balaban J connectivity index is 2.11. The summed E-state index contributed by atoms with van der Waals surface area (Å²) in [5.41, 5.74) is 0.0532. The largest absolute Gasteiger partial charge is 0.424 e. The molecule has 0 fully saturated rings. The maximum absolute atomic E-state index is 11.6. The fraction of sp³-hybridized carbons (Fsp3) is 0.0833. The summed E-state index contributed by atoms with van der Waals surface area (Å²) >= 11 is 0. The summed E-state index contributed by atoms with van der Waals surface area (Å²) < 4.78 is 29.9. The van der Waals surface area contributed by atoms with E-state index in [0.29, 0.717) is 0 Å². The molecule has 3 rings (SSSR count). The van der Waals surface area contributed by atoms with E-state index in [9.17, 15) is 18.5 Å². The number of ether oxygens (including phenoxy) is 1. The number of benzene rings is 1. The number of hydrogen-bond donors (Lipinski definition) is 0. The van der Waals surface area contributed by atoms with E-state index in [2.05, 4.69) is 15.1 Å². The zero-order valence-corrected chi connectivity index (χ0v) is 12.5. The molecule has 0 aliphatic heterocycles. The highest BCUT2D eigenvalue weighted by Gasteiger charge is 2.18. The monoisotopic (exact) mass is 335 g/mol. The molecule has 0 atom stereocenters. The van der Waals surface area contributed by atoms with E-state index in [-0.39, 0.29) is 23.1 Å². The normalized spacial score (nSPS) is 11.5. The van der Waals surface area contributed by atoms with Crippen molar-refractivity contribution in [3.8, 4) is 11.8 Å². The van der Waals surface area contributed by atoms with Crippen LogP contribution in [0.5, 0.6) is 11.8 Å². The highest BCUT2D eigenvalue weighted by molar-refractivity contribution is 7.90. The Hall–Kier alpha value is -3.08. The first kappa shape index (κ1) is 14.8. The molecule has 0 saturated heterocycles. The van der Waals surface area contributed by atoms with Gasteiger partial charge >= 0.3 is 6.01 Å². The molecule has 0 amide bonds. The van der Waals surface area contributed by atoms with Gasteiger partial charge < -0.3 is 4.74 Å². The number of nitro benzene ring substituents is 1. The molecule has 118 valence electrons. The minimum atomic E-state index is -3.66. The van der Waals surface area contributed by atoms with Crippen LogP contribution in [0, 0.1) is 10.1 Å². The fourth-order valence-corrected chi connectivity index (χ4v) is 2.28. The molecular formula is C12H9N5O5S. The number of sulfone groups is 1. The molecule has 0 spiro atoms. The Bertz CT molecular complexity index is 1010. The van der Waals surface area contributed by atoms with Crippen molar-refractivity contribution in [1.82, 2.24) is 19.6 Å². The van der Waals surface area contributed by atoms with Crippen molar-refractivity contribution >= 4 is 21.2 Å². The van der Waals surface area contributed by atoms with Crippen LogP contribution in [-0.2, 0) is 9.84 Å². The summed E-state index contributed by atoms with van der Waals surface area (Å²) in [7, 11) is -3.66. The van der Waals surface area contributed by atoms with Crippen molar-refractivity contribution in [2.24, 2.45) is 0 Å². The molecule has 2 heterocycles. The van der Waals surface area contributed by atoms with Gasteiger partial charge in [0.05, 0.1) is 17.2 Å². The third-order valence-electron chi connectivity index (χ3n) is 2.77. The average Bonchev–Trinajstić information content (AvgIpc) is 2.95. The molecule has 10 nitrogen and oxygen atoms in total. The van der Waals surface area contributed by atoms with Gasteiger partial charge in [-0.25, -0.2) is 8.42 Å². The van der Waals surface area contributed by atoms with Gasteiger partial charge in [-0.05, 0) is 6.07 Å². The van der Waals surface area contributed by atoms with Gasteiger partial charge in [0, 0.05) is 18.4 Å². The van der Waals surface area contributed by atoms with E-state index in [1.165, 1.54) is 41.0 Å². The quantitative estimate of drug-likeness (QED) is 0.514. The minimum absolute atomic E-state index is 0.120. The van der Waals surface area contributed by atoms with Crippen LogP contribution in [0.4, 0.5) is 5.69 Å². The first-order valence-corrected chi connectivity index (χ1v) is 8.08. The van der Waals surface area contributed by atoms with Crippen LogP contribution in [0.3, 0.4) is 0 Å². The third kappa shape index (κ3) is 2.94. The average molecular weight is 335 g/mol. The van der Waals surface area contributed by atoms with Gasteiger partial charge in [-0.15, -0.1) is 0 Å². The third-order valence-corrected chi connectivity index (χ3v) is 3.62. The molecule has 0 N–H and O–H groups in total. The Kier molecular flexibility index (Phi) is 3.41. The molecule has 23 heavy (non-hydrogen) atoms. The summed E-state index contributed by atoms with van der Waals surface area (Å²) in [5, 5.41) is 14.3. The maximum atomic E-state index is 11.6. The summed E-state index contributed by atoms with van der Waals surface area (Å²) in [6.45, 7) is 0. The predicted molar refractivity (Wildman–Crippen MR) is 77.1 cm³/mol. The summed E-state index contributed by atoms with van der Waals surface area (Å²) in [6, 6.07) is 6.73. The van der Waals surface area contributed by atoms with E-state index in [4.69, 9.17) is 4.74 Å². The smallest absolute Gasteiger partial charge is 0.327 e. The van der Waals surface area contributed by atoms with E-state index in [0.717, 1.165) is 6.26 Å². The first-order valence-electron chi connectivity index (χ1n) is 6.19. The Morgan fingerprint density at radius 3 is 2.74 bits per heavy atom. The van der Waals surface area contributed by atoms with Gasteiger partial charge in [-0.2, -0.15) is 19.6 Å². The lowest BCUT2D eigenvalue weighted by Crippen LogP contribution is -2.09. The van der Waals surface area contributed by atoms with E-state index in [1.807, 2.05) is 0 Å². The second-order valence-corrected chi connectivity index (χ2v) is 6.43. The van der Waals surface area contributed by atoms with Crippen molar-refractivity contribution in [2.75, 3.05) is 6.26 Å². The molecule has 2 aromatic heterocycles. The Morgan fingerprint density at radius 1 is 1.26 bits per heavy atom. The lowest BCUT2D eigenvalue weighted by molar-refractivity contribution is -0.384. The molecule has 11 heteroatoms. The number of hydrogen-bond acceptors (Lipinski definition) is 8. The van der Waals surface area contributed by atoms with Crippen LogP contribution in [0.1, 0.15) is 0 Å². The van der Waals surface area contributed by atoms with Gasteiger partial charge in [0.25, 0.3) is 10.8 Å². The van der Waals surface area contributed by atoms with Crippen LogP contribution in [0.25, 0.3) is 5.65 Å². The van der Waals surface area contributed by atoms with Crippen LogP contribution in [0.15, 0.2) is 41.7 Å². The summed E-state index contributed by atoms with van der Waals surface area (Å²) in [5.74, 6) is 0.120. The zero-order chi connectivity index (χ0) is 16.6. The molecule has 0 unspecified atom stereocenters. The van der Waals surface area contributed by atoms with E-state index in [1.54, 1.807) is 0 Å². The summed E-state index contributed by atoms with van der Waals surface area (Å²) in [6.07, 6.45) is 2.36.